The Morgan fingerprint density at radius 3 is 2.28 bits per heavy atom. The number of hydrogen-bond acceptors (Lipinski definition) is 8. The Kier molecular flexibility index (Phi) is 8.34. The van der Waals surface area contributed by atoms with E-state index >= 15 is 0 Å². The van der Waals surface area contributed by atoms with Crippen LogP contribution in [0.1, 0.15) is 28.8 Å². The summed E-state index contributed by atoms with van der Waals surface area (Å²) in [5.74, 6) is 1.16. The Hall–Kier alpha value is -2.47. The molecule has 0 unspecified atom stereocenters. The van der Waals surface area contributed by atoms with E-state index in [-0.39, 0.29) is 12.0 Å². The minimum atomic E-state index is -3.13. The Morgan fingerprint density at radius 1 is 1.08 bits per heavy atom. The number of piperazine rings is 1. The first-order valence-corrected chi connectivity index (χ1v) is 14.2. The van der Waals surface area contributed by atoms with Crippen molar-refractivity contribution in [2.75, 3.05) is 64.5 Å². The molecule has 1 aromatic carbocycles. The molecular formula is C24H33ClN6O4S. The quantitative estimate of drug-likeness (QED) is 0.529. The summed E-state index contributed by atoms with van der Waals surface area (Å²) in [7, 11) is 0.269. The fourth-order valence-corrected chi connectivity index (χ4v) is 5.50. The van der Waals surface area contributed by atoms with E-state index in [9.17, 15) is 13.2 Å². The van der Waals surface area contributed by atoms with Gasteiger partial charge in [-0.1, -0.05) is 17.7 Å². The smallest absolute Gasteiger partial charge is 0.256 e. The Bertz CT molecular complexity index is 1160. The maximum atomic E-state index is 12.0. The van der Waals surface area contributed by atoms with Crippen molar-refractivity contribution in [2.45, 2.75) is 25.5 Å². The molecule has 1 aromatic heterocycles. The third kappa shape index (κ3) is 6.64. The highest BCUT2D eigenvalue weighted by Crippen LogP contribution is 2.29. The average Bonchev–Trinajstić information content (AvgIpc) is 2.85. The number of amides is 1. The van der Waals surface area contributed by atoms with Crippen molar-refractivity contribution in [2.24, 2.45) is 0 Å². The molecule has 36 heavy (non-hydrogen) atoms. The lowest BCUT2D eigenvalue weighted by Crippen LogP contribution is -2.47. The monoisotopic (exact) mass is 536 g/mol. The fourth-order valence-electron chi connectivity index (χ4n) is 4.42. The highest BCUT2D eigenvalue weighted by molar-refractivity contribution is 7.88. The molecule has 2 fully saturated rings. The van der Waals surface area contributed by atoms with Gasteiger partial charge in [0.05, 0.1) is 16.8 Å². The molecule has 4 rings (SSSR count). The number of carbonyl (C=O) groups excluding carboxylic acids is 1. The van der Waals surface area contributed by atoms with E-state index in [1.807, 2.05) is 18.2 Å². The minimum Gasteiger partial charge on any atom is -0.489 e. The number of rotatable bonds is 7. The summed E-state index contributed by atoms with van der Waals surface area (Å²) in [5, 5.41) is 0.578. The normalized spacial score (nSPS) is 18.3. The van der Waals surface area contributed by atoms with Crippen molar-refractivity contribution in [1.82, 2.24) is 24.1 Å². The summed E-state index contributed by atoms with van der Waals surface area (Å²) >= 11 is 6.54. The molecule has 1 amide bonds. The van der Waals surface area contributed by atoms with Crippen LogP contribution in [0.25, 0.3) is 0 Å². The Balaban J connectivity index is 1.26. The lowest BCUT2D eigenvalue weighted by molar-refractivity contribution is 0.0826. The number of sulfonamides is 1. The van der Waals surface area contributed by atoms with Crippen molar-refractivity contribution in [3.05, 3.63) is 46.7 Å². The number of nitrogens with zero attached hydrogens (tertiary/aromatic N) is 6. The van der Waals surface area contributed by atoms with E-state index in [1.165, 1.54) is 15.5 Å². The summed E-state index contributed by atoms with van der Waals surface area (Å²) in [6.07, 6.45) is 6.06. The first-order chi connectivity index (χ1) is 17.1. The minimum absolute atomic E-state index is 0.0447. The van der Waals surface area contributed by atoms with E-state index in [4.69, 9.17) is 16.3 Å². The number of piperidine rings is 1. The van der Waals surface area contributed by atoms with Crippen molar-refractivity contribution < 1.29 is 17.9 Å². The van der Waals surface area contributed by atoms with Crippen molar-refractivity contribution >= 4 is 33.5 Å². The molecule has 0 aliphatic carbocycles. The molecule has 196 valence electrons. The van der Waals surface area contributed by atoms with Crippen LogP contribution in [0.15, 0.2) is 30.6 Å². The standard InChI is InChI=1S/C24H33ClN6O4S/c1-28(2)23(32)19-15-26-24(27-16-19)30-8-6-20(7-9-30)35-22-5-4-18(14-21(22)25)17-29-10-12-31(13-11-29)36(3,33)34/h4-5,14-16,20H,6-13,17H2,1-3H3. The molecule has 0 saturated carbocycles. The van der Waals surface area contributed by atoms with Crippen LogP contribution in [0, 0.1) is 0 Å². The van der Waals surface area contributed by atoms with Crippen LogP contribution in [0.2, 0.25) is 5.02 Å². The first-order valence-electron chi connectivity index (χ1n) is 12.0. The van der Waals surface area contributed by atoms with Crippen LogP contribution < -0.4 is 9.64 Å². The van der Waals surface area contributed by atoms with Crippen LogP contribution in [0.3, 0.4) is 0 Å². The zero-order chi connectivity index (χ0) is 25.9. The molecular weight excluding hydrogens is 504 g/mol. The van der Waals surface area contributed by atoms with Gasteiger partial charge >= 0.3 is 0 Å². The second-order valence-electron chi connectivity index (χ2n) is 9.48. The molecule has 2 aliphatic rings. The Labute approximate surface area is 217 Å². The van der Waals surface area contributed by atoms with Gasteiger partial charge in [-0.15, -0.1) is 0 Å². The van der Waals surface area contributed by atoms with Gasteiger partial charge < -0.3 is 14.5 Å². The van der Waals surface area contributed by atoms with Gasteiger partial charge in [0, 0.05) is 85.1 Å². The summed E-state index contributed by atoms with van der Waals surface area (Å²) in [6, 6.07) is 5.86. The van der Waals surface area contributed by atoms with Gasteiger partial charge in [0.25, 0.3) is 5.91 Å². The van der Waals surface area contributed by atoms with E-state index in [1.54, 1.807) is 26.5 Å². The highest BCUT2D eigenvalue weighted by atomic mass is 35.5. The third-order valence-corrected chi connectivity index (χ3v) is 8.11. The first kappa shape index (κ1) is 26.6. The van der Waals surface area contributed by atoms with Gasteiger partial charge in [-0.3, -0.25) is 9.69 Å². The largest absolute Gasteiger partial charge is 0.489 e. The highest BCUT2D eigenvalue weighted by Gasteiger charge is 2.25. The maximum absolute atomic E-state index is 12.0. The molecule has 10 nitrogen and oxygen atoms in total. The number of ether oxygens (including phenoxy) is 1. The number of benzene rings is 1. The van der Waals surface area contributed by atoms with Crippen LogP contribution in [-0.4, -0.2) is 104 Å². The fraction of sp³-hybridized carbons (Fsp3) is 0.542. The summed E-state index contributed by atoms with van der Waals surface area (Å²) in [5.41, 5.74) is 1.54. The molecule has 12 heteroatoms. The van der Waals surface area contributed by atoms with E-state index in [2.05, 4.69) is 19.8 Å². The zero-order valence-corrected chi connectivity index (χ0v) is 22.5. The van der Waals surface area contributed by atoms with E-state index < -0.39 is 10.0 Å². The Morgan fingerprint density at radius 2 is 1.72 bits per heavy atom. The van der Waals surface area contributed by atoms with Gasteiger partial charge in [0.2, 0.25) is 16.0 Å². The zero-order valence-electron chi connectivity index (χ0n) is 20.9. The molecule has 2 saturated heterocycles. The van der Waals surface area contributed by atoms with Gasteiger partial charge in [0.15, 0.2) is 0 Å². The summed E-state index contributed by atoms with van der Waals surface area (Å²) in [4.78, 5) is 26.6. The predicted octanol–water partition coefficient (Wildman–Crippen LogP) is 1.96. The summed E-state index contributed by atoms with van der Waals surface area (Å²) in [6.45, 7) is 4.63. The molecule has 3 heterocycles. The second kappa shape index (κ2) is 11.3. The molecule has 0 radical (unpaired) electrons. The number of aromatic nitrogens is 2. The molecule has 0 N–H and O–H groups in total. The van der Waals surface area contributed by atoms with Crippen molar-refractivity contribution in [1.29, 1.82) is 0 Å². The van der Waals surface area contributed by atoms with E-state index in [0.29, 0.717) is 48.5 Å². The molecule has 0 bridgehead atoms. The average molecular weight is 537 g/mol. The maximum Gasteiger partial charge on any atom is 0.256 e. The van der Waals surface area contributed by atoms with E-state index in [0.717, 1.165) is 38.0 Å². The number of carbonyl (C=O) groups is 1. The second-order valence-corrected chi connectivity index (χ2v) is 11.9. The number of anilines is 1. The summed E-state index contributed by atoms with van der Waals surface area (Å²) < 4.78 is 31.1. The van der Waals surface area contributed by atoms with Gasteiger partial charge in [-0.05, 0) is 17.7 Å². The molecule has 0 spiro atoms. The van der Waals surface area contributed by atoms with Crippen LogP contribution in [0.4, 0.5) is 5.95 Å². The lowest BCUT2D eigenvalue weighted by atomic mass is 10.1. The molecule has 2 aliphatic heterocycles. The van der Waals surface area contributed by atoms with Crippen LogP contribution in [0.5, 0.6) is 5.75 Å². The van der Waals surface area contributed by atoms with Gasteiger partial charge in [0.1, 0.15) is 11.9 Å². The lowest BCUT2D eigenvalue weighted by Gasteiger charge is -2.33. The number of halogens is 1. The third-order valence-electron chi connectivity index (χ3n) is 6.51. The predicted molar refractivity (Wildman–Crippen MR) is 139 cm³/mol. The van der Waals surface area contributed by atoms with Gasteiger partial charge in [-0.2, -0.15) is 4.31 Å². The van der Waals surface area contributed by atoms with Gasteiger partial charge in [-0.25, -0.2) is 18.4 Å². The molecule has 0 atom stereocenters. The van der Waals surface area contributed by atoms with Crippen molar-refractivity contribution in [3.8, 4) is 5.75 Å². The SMILES string of the molecule is CN(C)C(=O)c1cnc(N2CCC(Oc3ccc(CN4CCN(S(C)(=O)=O)CC4)cc3Cl)CC2)nc1. The van der Waals surface area contributed by atoms with Crippen molar-refractivity contribution in [3.63, 3.8) is 0 Å². The molecule has 2 aromatic rings. The van der Waals surface area contributed by atoms with Crippen LogP contribution >= 0.6 is 11.6 Å². The number of hydrogen-bond donors (Lipinski definition) is 0. The topological polar surface area (TPSA) is 99.2 Å². The van der Waals surface area contributed by atoms with Crippen LogP contribution in [-0.2, 0) is 16.6 Å².